The molecule has 0 spiro atoms. The van der Waals surface area contributed by atoms with E-state index in [-0.39, 0.29) is 25.8 Å². The van der Waals surface area contributed by atoms with E-state index in [0.29, 0.717) is 19.0 Å². The van der Waals surface area contributed by atoms with Crippen molar-refractivity contribution in [1.82, 2.24) is 0 Å². The molecule has 0 bridgehead atoms. The maximum Gasteiger partial charge on any atom is 0.330 e. The third-order valence-corrected chi connectivity index (χ3v) is 8.68. The van der Waals surface area contributed by atoms with Crippen LogP contribution in [0.1, 0.15) is 76.0 Å². The molecule has 6 nitrogen and oxygen atoms in total. The first-order valence-electron chi connectivity index (χ1n) is 17.9. The summed E-state index contributed by atoms with van der Waals surface area (Å²) in [5.74, 6) is 1.14. The van der Waals surface area contributed by atoms with Gasteiger partial charge in [0.05, 0.1) is 19.8 Å². The molecule has 0 aliphatic carbocycles. The van der Waals surface area contributed by atoms with Crippen LogP contribution >= 0.6 is 22.6 Å². The van der Waals surface area contributed by atoms with Crippen LogP contribution in [-0.4, -0.2) is 49.2 Å². The summed E-state index contributed by atoms with van der Waals surface area (Å²) < 4.78 is 17.5. The van der Waals surface area contributed by atoms with Crippen LogP contribution in [-0.2, 0) is 22.4 Å². The first kappa shape index (κ1) is 40.8. The van der Waals surface area contributed by atoms with Crippen LogP contribution in [0.2, 0.25) is 0 Å². The zero-order valence-electron chi connectivity index (χ0n) is 29.8. The van der Waals surface area contributed by atoms with Gasteiger partial charge in [0.1, 0.15) is 24.7 Å². The Morgan fingerprint density at radius 1 is 0.660 bits per heavy atom. The summed E-state index contributed by atoms with van der Waals surface area (Å²) in [6, 6.07) is 29.2. The second-order valence-electron chi connectivity index (χ2n) is 11.9. The highest BCUT2D eigenvalue weighted by Gasteiger charge is 2.09. The van der Waals surface area contributed by atoms with Crippen molar-refractivity contribution in [3.05, 3.63) is 111 Å². The van der Waals surface area contributed by atoms with Crippen molar-refractivity contribution in [2.45, 2.75) is 72.1 Å². The molecule has 0 heterocycles. The lowest BCUT2D eigenvalue weighted by atomic mass is 9.99. The molecule has 0 aromatic heterocycles. The molecule has 0 radical (unpaired) electrons. The number of unbranched alkanes of at least 4 members (excludes halogenated alkanes) is 4. The Bertz CT molecular complexity index is 1580. The van der Waals surface area contributed by atoms with E-state index in [4.69, 9.17) is 24.4 Å². The zero-order chi connectivity index (χ0) is 36.0. The lowest BCUT2D eigenvalue weighted by molar-refractivity contribution is -0.137. The van der Waals surface area contributed by atoms with Gasteiger partial charge in [0.15, 0.2) is 0 Å². The first-order valence-corrected chi connectivity index (χ1v) is 18.9. The Morgan fingerprint density at radius 3 is 1.64 bits per heavy atom. The molecule has 0 aliphatic heterocycles. The second-order valence-corrected chi connectivity index (χ2v) is 13.2. The third-order valence-electron chi connectivity index (χ3n) is 8.01. The number of hydrogen-bond donors (Lipinski definition) is 2. The minimum atomic E-state index is -0.372. The number of benzene rings is 4. The van der Waals surface area contributed by atoms with Crippen molar-refractivity contribution in [2.75, 3.05) is 33.0 Å². The van der Waals surface area contributed by atoms with E-state index < -0.39 is 0 Å². The van der Waals surface area contributed by atoms with Crippen LogP contribution in [0.15, 0.2) is 91.0 Å². The summed E-state index contributed by atoms with van der Waals surface area (Å²) in [5.41, 5.74) is 7.82. The molecule has 0 fully saturated rings. The van der Waals surface area contributed by atoms with Gasteiger partial charge in [0, 0.05) is 20.8 Å². The first-order chi connectivity index (χ1) is 24.4. The van der Waals surface area contributed by atoms with Gasteiger partial charge in [-0.25, -0.2) is 4.79 Å². The van der Waals surface area contributed by atoms with Gasteiger partial charge >= 0.3 is 5.97 Å². The van der Waals surface area contributed by atoms with Crippen LogP contribution in [0.4, 0.5) is 0 Å². The van der Waals surface area contributed by atoms with Crippen LogP contribution in [0.5, 0.6) is 11.5 Å². The zero-order valence-corrected chi connectivity index (χ0v) is 32.0. The van der Waals surface area contributed by atoms with E-state index in [2.05, 4.69) is 97.1 Å². The van der Waals surface area contributed by atoms with E-state index in [0.717, 1.165) is 50.0 Å². The minimum absolute atomic E-state index is 0.0290. The SMILES string of the molecule is CCCCCc1ccc(-c2ccc(/C=C/C(=O)OCC)cc2OCCO)cc1.CCCCCc1ccc(-c2ccc(I)cc2OCCO)cc1. The lowest BCUT2D eigenvalue weighted by Crippen LogP contribution is -2.03. The van der Waals surface area contributed by atoms with Gasteiger partial charge < -0.3 is 24.4 Å². The third kappa shape index (κ3) is 14.3. The van der Waals surface area contributed by atoms with Crippen LogP contribution in [0.25, 0.3) is 28.3 Å². The molecule has 2 N–H and O–H groups in total. The van der Waals surface area contributed by atoms with Crippen molar-refractivity contribution in [3.8, 4) is 33.8 Å². The molecule has 268 valence electrons. The fraction of sp³-hybridized carbons (Fsp3) is 0.372. The predicted octanol–water partition coefficient (Wildman–Crippen LogP) is 10.1. The summed E-state index contributed by atoms with van der Waals surface area (Å²) in [6.07, 6.45) is 12.8. The van der Waals surface area contributed by atoms with Crippen molar-refractivity contribution in [2.24, 2.45) is 0 Å². The van der Waals surface area contributed by atoms with Crippen LogP contribution in [0.3, 0.4) is 0 Å². The fourth-order valence-electron chi connectivity index (χ4n) is 5.38. The molecule has 0 unspecified atom stereocenters. The number of rotatable bonds is 19. The number of ether oxygens (including phenoxy) is 3. The smallest absolute Gasteiger partial charge is 0.330 e. The van der Waals surface area contributed by atoms with Crippen molar-refractivity contribution in [1.29, 1.82) is 0 Å². The molecular weight excluding hydrogens is 739 g/mol. The monoisotopic (exact) mass is 792 g/mol. The highest BCUT2D eigenvalue weighted by Crippen LogP contribution is 2.33. The predicted molar refractivity (Wildman–Crippen MR) is 214 cm³/mol. The molecular formula is C43H53IO6. The molecule has 7 heteroatoms. The van der Waals surface area contributed by atoms with Gasteiger partial charge in [-0.15, -0.1) is 0 Å². The van der Waals surface area contributed by atoms with E-state index in [1.165, 1.54) is 55.7 Å². The highest BCUT2D eigenvalue weighted by molar-refractivity contribution is 14.1. The second kappa shape index (κ2) is 23.7. The van der Waals surface area contributed by atoms with Crippen molar-refractivity contribution >= 4 is 34.6 Å². The molecule has 0 saturated carbocycles. The Morgan fingerprint density at radius 2 is 1.16 bits per heavy atom. The Balaban J connectivity index is 0.000000278. The molecule has 4 aromatic rings. The number of carbonyl (C=O) groups is 1. The molecule has 4 aromatic carbocycles. The normalized spacial score (nSPS) is 10.8. The molecule has 0 atom stereocenters. The quantitative estimate of drug-likeness (QED) is 0.0426. The van der Waals surface area contributed by atoms with Gasteiger partial charge in [-0.2, -0.15) is 0 Å². The molecule has 0 amide bonds. The molecule has 0 aliphatic rings. The Kier molecular flexibility index (Phi) is 19.3. The summed E-state index contributed by atoms with van der Waals surface area (Å²) in [7, 11) is 0. The average molecular weight is 793 g/mol. The van der Waals surface area contributed by atoms with E-state index >= 15 is 0 Å². The summed E-state index contributed by atoms with van der Waals surface area (Å²) in [4.78, 5) is 11.5. The summed E-state index contributed by atoms with van der Waals surface area (Å²) >= 11 is 2.27. The van der Waals surface area contributed by atoms with Crippen molar-refractivity contribution in [3.63, 3.8) is 0 Å². The number of aliphatic hydroxyl groups is 2. The Hall–Kier alpha value is -3.66. The maximum atomic E-state index is 11.5. The van der Waals surface area contributed by atoms with Gasteiger partial charge in [0.2, 0.25) is 0 Å². The van der Waals surface area contributed by atoms with Crippen molar-refractivity contribution < 1.29 is 29.2 Å². The number of halogens is 1. The summed E-state index contributed by atoms with van der Waals surface area (Å²) in [6.45, 7) is 7.07. The number of hydrogen-bond acceptors (Lipinski definition) is 6. The number of carbonyl (C=O) groups excluding carboxylic acids is 1. The number of esters is 1. The molecule has 50 heavy (non-hydrogen) atoms. The fourth-order valence-corrected chi connectivity index (χ4v) is 5.84. The van der Waals surface area contributed by atoms with Gasteiger partial charge in [0.25, 0.3) is 0 Å². The lowest BCUT2D eigenvalue weighted by Gasteiger charge is -2.13. The van der Waals surface area contributed by atoms with E-state index in [9.17, 15) is 4.79 Å². The van der Waals surface area contributed by atoms with Gasteiger partial charge in [-0.3, -0.25) is 0 Å². The minimum Gasteiger partial charge on any atom is -0.491 e. The summed E-state index contributed by atoms with van der Waals surface area (Å²) in [5, 5.41) is 18.1. The largest absolute Gasteiger partial charge is 0.491 e. The standard InChI is InChI=1S/C24H30O4.C19H23IO2/c1-3-5-6-7-19-8-12-21(13-9-19)22-14-10-20(11-15-24(26)27-4-2)18-23(22)28-17-16-25;1-2-3-4-5-15-6-8-16(9-7-15)18-11-10-17(20)14-19(18)22-13-12-21/h8-15,18,25H,3-7,16-17H2,1-2H3;6-11,14,21H,2-5,12-13H2,1H3/b15-11+;. The average Bonchev–Trinajstić information content (AvgIpc) is 3.14. The maximum absolute atomic E-state index is 11.5. The van der Waals surface area contributed by atoms with Crippen LogP contribution < -0.4 is 9.47 Å². The van der Waals surface area contributed by atoms with E-state index in [1.807, 2.05) is 24.3 Å². The molecule has 0 saturated heterocycles. The van der Waals surface area contributed by atoms with Gasteiger partial charge in [-0.1, -0.05) is 100 Å². The molecule has 4 rings (SSSR count). The topological polar surface area (TPSA) is 85.2 Å². The highest BCUT2D eigenvalue weighted by atomic mass is 127. The van der Waals surface area contributed by atoms with E-state index in [1.54, 1.807) is 13.0 Å². The number of aliphatic hydroxyl groups excluding tert-OH is 2. The Labute approximate surface area is 312 Å². The van der Waals surface area contributed by atoms with Gasteiger partial charge in [-0.05, 0) is 113 Å². The number of aryl methyl sites for hydroxylation is 2. The van der Waals surface area contributed by atoms with Crippen LogP contribution in [0, 0.1) is 3.57 Å².